The zero-order valence-corrected chi connectivity index (χ0v) is 20.1. The summed E-state index contributed by atoms with van der Waals surface area (Å²) in [7, 11) is 1.62. The van der Waals surface area contributed by atoms with Crippen molar-refractivity contribution in [3.8, 4) is 17.4 Å². The van der Waals surface area contributed by atoms with E-state index >= 15 is 0 Å². The summed E-state index contributed by atoms with van der Waals surface area (Å²) in [5, 5.41) is 0. The number of piperidine rings is 1. The Morgan fingerprint density at radius 2 is 1.86 bits per heavy atom. The van der Waals surface area contributed by atoms with Gasteiger partial charge in [-0.3, -0.25) is 9.78 Å². The van der Waals surface area contributed by atoms with Gasteiger partial charge in [0, 0.05) is 44.5 Å². The van der Waals surface area contributed by atoms with Gasteiger partial charge in [-0.05, 0) is 43.4 Å². The van der Waals surface area contributed by atoms with Crippen molar-refractivity contribution < 1.29 is 19.0 Å². The van der Waals surface area contributed by atoms with E-state index in [-0.39, 0.29) is 11.8 Å². The van der Waals surface area contributed by atoms with Gasteiger partial charge in [-0.2, -0.15) is 0 Å². The SMILES string of the molecule is COc1cccc(Oc2cncc([C@H]3CCCN(C(=O)C4(c5ccccc5)CCOCC4)C3)n2)c1. The number of carbonyl (C=O) groups excluding carboxylic acids is 1. The third kappa shape index (κ3) is 5.00. The van der Waals surface area contributed by atoms with Crippen LogP contribution in [-0.2, 0) is 14.9 Å². The van der Waals surface area contributed by atoms with Crippen LogP contribution >= 0.6 is 0 Å². The number of methoxy groups -OCH3 is 1. The van der Waals surface area contributed by atoms with Crippen LogP contribution in [0.5, 0.6) is 17.4 Å². The second-order valence-corrected chi connectivity index (χ2v) is 9.21. The Morgan fingerprint density at radius 3 is 2.66 bits per heavy atom. The van der Waals surface area contributed by atoms with Gasteiger partial charge in [-0.15, -0.1) is 0 Å². The van der Waals surface area contributed by atoms with Gasteiger partial charge < -0.3 is 19.1 Å². The van der Waals surface area contributed by atoms with Crippen LogP contribution in [0.1, 0.15) is 42.9 Å². The molecule has 0 aliphatic carbocycles. The van der Waals surface area contributed by atoms with Crippen LogP contribution in [0.4, 0.5) is 0 Å². The minimum absolute atomic E-state index is 0.113. The summed E-state index contributed by atoms with van der Waals surface area (Å²) >= 11 is 0. The number of carbonyl (C=O) groups is 1. The summed E-state index contributed by atoms with van der Waals surface area (Å²) in [5.74, 6) is 2.11. The maximum absolute atomic E-state index is 14.0. The molecule has 182 valence electrons. The average molecular weight is 474 g/mol. The van der Waals surface area contributed by atoms with Gasteiger partial charge in [0.2, 0.25) is 11.8 Å². The van der Waals surface area contributed by atoms with Gasteiger partial charge in [0.1, 0.15) is 11.5 Å². The fourth-order valence-electron chi connectivity index (χ4n) is 5.20. The molecule has 0 spiro atoms. The zero-order valence-electron chi connectivity index (χ0n) is 20.1. The van der Waals surface area contributed by atoms with Crippen LogP contribution in [0.15, 0.2) is 67.0 Å². The summed E-state index contributed by atoms with van der Waals surface area (Å²) < 4.78 is 16.9. The van der Waals surface area contributed by atoms with E-state index in [0.29, 0.717) is 50.0 Å². The third-order valence-electron chi connectivity index (χ3n) is 7.10. The lowest BCUT2D eigenvalue weighted by atomic mass is 9.72. The molecule has 0 N–H and O–H groups in total. The molecule has 7 nitrogen and oxygen atoms in total. The lowest BCUT2D eigenvalue weighted by Gasteiger charge is -2.42. The minimum atomic E-state index is -0.523. The fourth-order valence-corrected chi connectivity index (χ4v) is 5.20. The highest BCUT2D eigenvalue weighted by atomic mass is 16.5. The van der Waals surface area contributed by atoms with Crippen molar-refractivity contribution in [2.45, 2.75) is 37.0 Å². The van der Waals surface area contributed by atoms with Crippen molar-refractivity contribution in [1.29, 1.82) is 0 Å². The van der Waals surface area contributed by atoms with E-state index in [4.69, 9.17) is 19.2 Å². The van der Waals surface area contributed by atoms with E-state index in [1.165, 1.54) is 0 Å². The third-order valence-corrected chi connectivity index (χ3v) is 7.10. The first-order valence-corrected chi connectivity index (χ1v) is 12.2. The molecular weight excluding hydrogens is 442 g/mol. The van der Waals surface area contributed by atoms with Crippen molar-refractivity contribution in [2.24, 2.45) is 0 Å². The Labute approximate surface area is 206 Å². The van der Waals surface area contributed by atoms with Crippen LogP contribution in [0.2, 0.25) is 0 Å². The average Bonchev–Trinajstić information content (AvgIpc) is 2.94. The van der Waals surface area contributed by atoms with Crippen LogP contribution in [-0.4, -0.2) is 54.2 Å². The smallest absolute Gasteiger partial charge is 0.238 e. The normalized spacial score (nSPS) is 19.7. The Bertz CT molecular complexity index is 1150. The highest BCUT2D eigenvalue weighted by molar-refractivity contribution is 5.88. The van der Waals surface area contributed by atoms with E-state index in [1.54, 1.807) is 19.5 Å². The standard InChI is InChI=1S/C28H31N3O4/c1-33-23-10-5-11-24(17-23)35-26-19-29-18-25(30-26)21-7-6-14-31(20-21)27(32)28(12-15-34-16-13-28)22-8-3-2-4-9-22/h2-5,8-11,17-19,21H,6-7,12-16,20H2,1H3/t21-/m0/s1. The zero-order chi connectivity index (χ0) is 24.1. The number of benzene rings is 2. The minimum Gasteiger partial charge on any atom is -0.497 e. The maximum Gasteiger partial charge on any atom is 0.238 e. The number of aromatic nitrogens is 2. The molecule has 2 saturated heterocycles. The van der Waals surface area contributed by atoms with Crippen molar-refractivity contribution in [3.63, 3.8) is 0 Å². The number of rotatable bonds is 6. The molecule has 5 rings (SSSR count). The number of hydrogen-bond acceptors (Lipinski definition) is 6. The molecule has 2 aliphatic heterocycles. The highest BCUT2D eigenvalue weighted by Crippen LogP contribution is 2.38. The molecule has 35 heavy (non-hydrogen) atoms. The largest absolute Gasteiger partial charge is 0.497 e. The topological polar surface area (TPSA) is 73.8 Å². The van der Waals surface area contributed by atoms with Crippen molar-refractivity contribution in [2.75, 3.05) is 33.4 Å². The van der Waals surface area contributed by atoms with Gasteiger partial charge in [0.15, 0.2) is 0 Å². The van der Waals surface area contributed by atoms with Gasteiger partial charge >= 0.3 is 0 Å². The van der Waals surface area contributed by atoms with Crippen LogP contribution in [0.3, 0.4) is 0 Å². The Balaban J connectivity index is 1.34. The summed E-state index contributed by atoms with van der Waals surface area (Å²) in [6.45, 7) is 2.60. The van der Waals surface area contributed by atoms with E-state index in [2.05, 4.69) is 17.1 Å². The molecule has 1 aromatic heterocycles. The van der Waals surface area contributed by atoms with E-state index in [0.717, 1.165) is 30.6 Å². The number of ether oxygens (including phenoxy) is 3. The molecule has 0 unspecified atom stereocenters. The fraction of sp³-hybridized carbons (Fsp3) is 0.393. The molecule has 3 aromatic rings. The Morgan fingerprint density at radius 1 is 1.06 bits per heavy atom. The van der Waals surface area contributed by atoms with Crippen LogP contribution in [0.25, 0.3) is 0 Å². The molecule has 0 bridgehead atoms. The highest BCUT2D eigenvalue weighted by Gasteiger charge is 2.45. The van der Waals surface area contributed by atoms with Crippen LogP contribution < -0.4 is 9.47 Å². The Hall–Kier alpha value is -3.45. The molecule has 2 aromatic carbocycles. The van der Waals surface area contributed by atoms with E-state index in [9.17, 15) is 4.79 Å². The number of hydrogen-bond donors (Lipinski definition) is 0. The predicted molar refractivity (Wildman–Crippen MR) is 132 cm³/mol. The van der Waals surface area contributed by atoms with Crippen molar-refractivity contribution in [1.82, 2.24) is 14.9 Å². The van der Waals surface area contributed by atoms with Gasteiger partial charge in [-0.1, -0.05) is 36.4 Å². The second-order valence-electron chi connectivity index (χ2n) is 9.21. The Kier molecular flexibility index (Phi) is 6.95. The molecule has 7 heteroatoms. The summed E-state index contributed by atoms with van der Waals surface area (Å²) in [6, 6.07) is 17.6. The van der Waals surface area contributed by atoms with E-state index < -0.39 is 5.41 Å². The quantitative estimate of drug-likeness (QED) is 0.515. The molecule has 0 radical (unpaired) electrons. The molecule has 1 atom stereocenters. The number of nitrogens with zero attached hydrogens (tertiary/aromatic N) is 3. The summed E-state index contributed by atoms with van der Waals surface area (Å²) in [4.78, 5) is 25.2. The molecule has 1 amide bonds. The summed E-state index contributed by atoms with van der Waals surface area (Å²) in [5.41, 5.74) is 1.41. The lowest BCUT2D eigenvalue weighted by molar-refractivity contribution is -0.142. The molecule has 2 aliphatic rings. The van der Waals surface area contributed by atoms with Crippen molar-refractivity contribution >= 4 is 5.91 Å². The van der Waals surface area contributed by atoms with Gasteiger partial charge in [-0.25, -0.2) is 4.98 Å². The van der Waals surface area contributed by atoms with Crippen LogP contribution in [0, 0.1) is 0 Å². The second kappa shape index (κ2) is 10.4. The first kappa shape index (κ1) is 23.3. The maximum atomic E-state index is 14.0. The van der Waals surface area contributed by atoms with E-state index in [1.807, 2.05) is 47.4 Å². The number of likely N-dealkylation sites (tertiary alicyclic amines) is 1. The lowest BCUT2D eigenvalue weighted by Crippen LogP contribution is -2.52. The number of amides is 1. The summed E-state index contributed by atoms with van der Waals surface area (Å²) in [6.07, 6.45) is 6.71. The molecule has 0 saturated carbocycles. The molecule has 2 fully saturated rings. The predicted octanol–water partition coefficient (Wildman–Crippen LogP) is 4.73. The van der Waals surface area contributed by atoms with Gasteiger partial charge in [0.25, 0.3) is 0 Å². The molecular formula is C28H31N3O4. The van der Waals surface area contributed by atoms with Crippen molar-refractivity contribution in [3.05, 3.63) is 78.2 Å². The first-order valence-electron chi connectivity index (χ1n) is 12.2. The monoisotopic (exact) mass is 473 g/mol. The first-order chi connectivity index (χ1) is 17.2. The van der Waals surface area contributed by atoms with Gasteiger partial charge in [0.05, 0.1) is 24.4 Å². The molecule has 3 heterocycles.